The van der Waals surface area contributed by atoms with E-state index in [1.807, 2.05) is 71.6 Å². The smallest absolute Gasteiger partial charge is 0.236 e. The predicted octanol–water partition coefficient (Wildman–Crippen LogP) is 4.93. The second-order valence-corrected chi connectivity index (χ2v) is 8.80. The Morgan fingerprint density at radius 1 is 1.13 bits per heavy atom. The van der Waals surface area contributed by atoms with Crippen molar-refractivity contribution in [3.05, 3.63) is 70.8 Å². The number of hydrogen-bond acceptors (Lipinski definition) is 7. The molecule has 0 saturated carbocycles. The summed E-state index contributed by atoms with van der Waals surface area (Å²) in [5.74, 6) is 0.852. The van der Waals surface area contributed by atoms with E-state index in [-0.39, 0.29) is 11.7 Å². The molecule has 2 aromatic carbocycles. The van der Waals surface area contributed by atoms with Gasteiger partial charge in [-0.15, -0.1) is 21.5 Å². The number of aromatic nitrogens is 4. The SMILES string of the molecule is Cn1c(CNc2ccc(Cl)cc2)nnc1SCC(=O)Nc1nc(-c2ccccc2)cs1. The quantitative estimate of drug-likeness (QED) is 0.355. The van der Waals surface area contributed by atoms with Crippen LogP contribution in [0.5, 0.6) is 0 Å². The first-order chi connectivity index (χ1) is 15.1. The highest BCUT2D eigenvalue weighted by atomic mass is 35.5. The van der Waals surface area contributed by atoms with Crippen LogP contribution >= 0.6 is 34.7 Å². The number of carbonyl (C=O) groups excluding carboxylic acids is 1. The summed E-state index contributed by atoms with van der Waals surface area (Å²) in [6.45, 7) is 0.513. The molecule has 0 aliphatic carbocycles. The molecule has 0 spiro atoms. The zero-order valence-electron chi connectivity index (χ0n) is 16.6. The minimum Gasteiger partial charge on any atom is -0.378 e. The van der Waals surface area contributed by atoms with Crippen LogP contribution in [0, 0.1) is 0 Å². The molecule has 0 atom stereocenters. The van der Waals surface area contributed by atoms with Crippen LogP contribution < -0.4 is 10.6 Å². The maximum atomic E-state index is 12.3. The zero-order valence-corrected chi connectivity index (χ0v) is 19.0. The van der Waals surface area contributed by atoms with Gasteiger partial charge in [0.25, 0.3) is 0 Å². The van der Waals surface area contributed by atoms with Gasteiger partial charge in [-0.05, 0) is 24.3 Å². The van der Waals surface area contributed by atoms with E-state index in [2.05, 4.69) is 25.8 Å². The summed E-state index contributed by atoms with van der Waals surface area (Å²) in [6, 6.07) is 17.3. The van der Waals surface area contributed by atoms with Crippen molar-refractivity contribution in [2.24, 2.45) is 7.05 Å². The topological polar surface area (TPSA) is 84.7 Å². The highest BCUT2D eigenvalue weighted by Crippen LogP contribution is 2.25. The van der Waals surface area contributed by atoms with Crippen molar-refractivity contribution < 1.29 is 4.79 Å². The Morgan fingerprint density at radius 2 is 1.90 bits per heavy atom. The monoisotopic (exact) mass is 470 g/mol. The van der Waals surface area contributed by atoms with Crippen LogP contribution in [0.25, 0.3) is 11.3 Å². The van der Waals surface area contributed by atoms with Crippen LogP contribution in [0.4, 0.5) is 10.8 Å². The molecule has 0 bridgehead atoms. The fraction of sp³-hybridized carbons (Fsp3) is 0.143. The van der Waals surface area contributed by atoms with E-state index in [0.717, 1.165) is 22.8 Å². The van der Waals surface area contributed by atoms with E-state index < -0.39 is 0 Å². The average molecular weight is 471 g/mol. The molecule has 0 saturated heterocycles. The fourth-order valence-electron chi connectivity index (χ4n) is 2.73. The number of hydrogen-bond donors (Lipinski definition) is 2. The molecule has 0 radical (unpaired) electrons. The van der Waals surface area contributed by atoms with Gasteiger partial charge < -0.3 is 15.2 Å². The minimum atomic E-state index is -0.136. The Hall–Kier alpha value is -2.88. The molecule has 1 amide bonds. The lowest BCUT2D eigenvalue weighted by molar-refractivity contribution is -0.113. The van der Waals surface area contributed by atoms with Crippen LogP contribution in [-0.2, 0) is 18.4 Å². The number of nitrogens with zero attached hydrogens (tertiary/aromatic N) is 4. The largest absolute Gasteiger partial charge is 0.378 e. The third kappa shape index (κ3) is 5.63. The molecule has 0 fully saturated rings. The van der Waals surface area contributed by atoms with Gasteiger partial charge in [-0.3, -0.25) is 4.79 Å². The number of thiazole rings is 1. The molecule has 0 aliphatic rings. The van der Waals surface area contributed by atoms with Gasteiger partial charge in [-0.25, -0.2) is 4.98 Å². The van der Waals surface area contributed by atoms with Crippen molar-refractivity contribution in [1.29, 1.82) is 0 Å². The maximum Gasteiger partial charge on any atom is 0.236 e. The summed E-state index contributed by atoms with van der Waals surface area (Å²) in [4.78, 5) is 16.8. The summed E-state index contributed by atoms with van der Waals surface area (Å²) in [5, 5.41) is 18.4. The average Bonchev–Trinajstić information content (AvgIpc) is 3.39. The van der Waals surface area contributed by atoms with Gasteiger partial charge in [-0.2, -0.15) is 0 Å². The lowest BCUT2D eigenvalue weighted by Gasteiger charge is -2.07. The second-order valence-electron chi connectivity index (χ2n) is 6.56. The van der Waals surface area contributed by atoms with E-state index in [1.54, 1.807) is 0 Å². The van der Waals surface area contributed by atoms with E-state index in [4.69, 9.17) is 11.6 Å². The lowest BCUT2D eigenvalue weighted by Crippen LogP contribution is -2.14. The highest BCUT2D eigenvalue weighted by Gasteiger charge is 2.13. The molecule has 0 unspecified atom stereocenters. The van der Waals surface area contributed by atoms with Crippen LogP contribution in [-0.4, -0.2) is 31.4 Å². The molecule has 4 aromatic rings. The van der Waals surface area contributed by atoms with Crippen LogP contribution in [0.2, 0.25) is 5.02 Å². The number of rotatable bonds is 8. The molecule has 4 rings (SSSR count). The Labute approximate surface area is 192 Å². The molecular formula is C21H19ClN6OS2. The number of benzene rings is 2. The first-order valence-corrected chi connectivity index (χ1v) is 11.6. The number of thioether (sulfide) groups is 1. The van der Waals surface area contributed by atoms with Crippen molar-refractivity contribution in [1.82, 2.24) is 19.7 Å². The normalized spacial score (nSPS) is 10.8. The van der Waals surface area contributed by atoms with E-state index in [1.165, 1.54) is 23.1 Å². The molecule has 31 heavy (non-hydrogen) atoms. The molecule has 10 heteroatoms. The summed E-state index contributed by atoms with van der Waals surface area (Å²) in [5.41, 5.74) is 2.81. The van der Waals surface area contributed by atoms with E-state index >= 15 is 0 Å². The van der Waals surface area contributed by atoms with Gasteiger partial charge >= 0.3 is 0 Å². The molecule has 2 heterocycles. The summed E-state index contributed by atoms with van der Waals surface area (Å²) >= 11 is 8.64. The summed E-state index contributed by atoms with van der Waals surface area (Å²) in [7, 11) is 1.88. The number of halogens is 1. The van der Waals surface area contributed by atoms with Gasteiger partial charge in [0.05, 0.1) is 18.0 Å². The summed E-state index contributed by atoms with van der Waals surface area (Å²) in [6.07, 6.45) is 0. The van der Waals surface area contributed by atoms with Crippen LogP contribution in [0.1, 0.15) is 5.82 Å². The van der Waals surface area contributed by atoms with Crippen molar-refractivity contribution in [2.45, 2.75) is 11.7 Å². The Morgan fingerprint density at radius 3 is 2.68 bits per heavy atom. The van der Waals surface area contributed by atoms with Crippen molar-refractivity contribution in [2.75, 3.05) is 16.4 Å². The Bertz CT molecular complexity index is 1160. The standard InChI is InChI=1S/C21H19ClN6OS2/c1-28-18(11-23-16-9-7-15(22)8-10-16)26-27-21(28)31-13-19(29)25-20-24-17(12-30-20)14-5-3-2-4-6-14/h2-10,12,23H,11,13H2,1H3,(H,24,25,29). The van der Waals surface area contributed by atoms with E-state index in [9.17, 15) is 4.79 Å². The van der Waals surface area contributed by atoms with Crippen LogP contribution in [0.3, 0.4) is 0 Å². The molecule has 158 valence electrons. The van der Waals surface area contributed by atoms with Gasteiger partial charge in [0.2, 0.25) is 5.91 Å². The molecule has 0 aliphatic heterocycles. The Balaban J connectivity index is 1.29. The number of nitrogens with one attached hydrogen (secondary N) is 2. The first kappa shape index (κ1) is 21.4. The first-order valence-electron chi connectivity index (χ1n) is 9.40. The third-order valence-corrected chi connectivity index (χ3v) is 6.40. The lowest BCUT2D eigenvalue weighted by atomic mass is 10.2. The van der Waals surface area contributed by atoms with Gasteiger partial charge in [0.15, 0.2) is 16.1 Å². The number of amides is 1. The third-order valence-electron chi connectivity index (χ3n) is 4.37. The molecule has 7 nitrogen and oxygen atoms in total. The fourth-order valence-corrected chi connectivity index (χ4v) is 4.32. The van der Waals surface area contributed by atoms with Crippen molar-refractivity contribution in [3.63, 3.8) is 0 Å². The molecule has 2 aromatic heterocycles. The maximum absolute atomic E-state index is 12.3. The molecule has 2 N–H and O–H groups in total. The van der Waals surface area contributed by atoms with E-state index in [0.29, 0.717) is 21.9 Å². The predicted molar refractivity (Wildman–Crippen MR) is 127 cm³/mol. The van der Waals surface area contributed by atoms with Gasteiger partial charge in [-0.1, -0.05) is 53.7 Å². The highest BCUT2D eigenvalue weighted by molar-refractivity contribution is 7.99. The van der Waals surface area contributed by atoms with Gasteiger partial charge in [0.1, 0.15) is 0 Å². The number of anilines is 2. The Kier molecular flexibility index (Phi) is 6.86. The summed E-state index contributed by atoms with van der Waals surface area (Å²) < 4.78 is 1.87. The second kappa shape index (κ2) is 9.95. The van der Waals surface area contributed by atoms with Gasteiger partial charge in [0, 0.05) is 28.7 Å². The van der Waals surface area contributed by atoms with Crippen molar-refractivity contribution >= 4 is 51.4 Å². The number of carbonyl (C=O) groups is 1. The minimum absolute atomic E-state index is 0.136. The van der Waals surface area contributed by atoms with Crippen LogP contribution in [0.15, 0.2) is 65.1 Å². The van der Waals surface area contributed by atoms with Crippen molar-refractivity contribution in [3.8, 4) is 11.3 Å². The molecular weight excluding hydrogens is 452 g/mol. The zero-order chi connectivity index (χ0) is 21.6.